The Kier molecular flexibility index (Phi) is 14.4. The van der Waals surface area contributed by atoms with Crippen LogP contribution in [0.25, 0.3) is 10.8 Å². The Balaban J connectivity index is 1.20. The van der Waals surface area contributed by atoms with Crippen LogP contribution in [-0.2, 0) is 19.5 Å². The van der Waals surface area contributed by atoms with Crippen molar-refractivity contribution in [3.8, 4) is 11.5 Å². The molecule has 0 atom stereocenters. The maximum Gasteiger partial charge on any atom is 0.119 e. The molecule has 4 heteroatoms. The van der Waals surface area contributed by atoms with E-state index in [-0.39, 0.29) is 6.61 Å². The van der Waals surface area contributed by atoms with E-state index >= 15 is 0 Å². The van der Waals surface area contributed by atoms with Gasteiger partial charge in [0.05, 0.1) is 19.8 Å². The fourth-order valence-corrected chi connectivity index (χ4v) is 5.54. The lowest BCUT2D eigenvalue weighted by Gasteiger charge is -2.22. The molecule has 1 N–H and O–H groups in total. The van der Waals surface area contributed by atoms with Gasteiger partial charge in [0.25, 0.3) is 0 Å². The van der Waals surface area contributed by atoms with Crippen molar-refractivity contribution in [1.82, 2.24) is 4.90 Å². The van der Waals surface area contributed by atoms with Crippen molar-refractivity contribution in [2.24, 2.45) is 0 Å². The summed E-state index contributed by atoms with van der Waals surface area (Å²) in [7, 11) is 0. The lowest BCUT2D eigenvalue weighted by Crippen LogP contribution is -2.26. The highest BCUT2D eigenvalue weighted by atomic mass is 16.5. The van der Waals surface area contributed by atoms with Gasteiger partial charge in [-0.25, -0.2) is 0 Å². The summed E-state index contributed by atoms with van der Waals surface area (Å²) in [6, 6.07) is 32.1. The van der Waals surface area contributed by atoms with Crippen LogP contribution in [0, 0.1) is 0 Å². The second-order valence-electron chi connectivity index (χ2n) is 11.7. The number of aliphatic hydroxyl groups is 1. The number of nitrogens with zero attached hydrogens (tertiary/aromatic N) is 1. The number of aliphatic hydroxyl groups excluding tert-OH is 1. The van der Waals surface area contributed by atoms with Crippen molar-refractivity contribution in [2.75, 3.05) is 26.4 Å². The second kappa shape index (κ2) is 19.0. The molecule has 230 valence electrons. The summed E-state index contributed by atoms with van der Waals surface area (Å²) in [4.78, 5) is 2.29. The normalized spacial score (nSPS) is 11.3. The van der Waals surface area contributed by atoms with Gasteiger partial charge < -0.3 is 14.6 Å². The number of rotatable bonds is 21. The van der Waals surface area contributed by atoms with E-state index in [1.54, 1.807) is 0 Å². The zero-order valence-electron chi connectivity index (χ0n) is 26.2. The lowest BCUT2D eigenvalue weighted by molar-refractivity contribution is 0.184. The number of hydrogen-bond acceptors (Lipinski definition) is 4. The van der Waals surface area contributed by atoms with Crippen LogP contribution in [0.2, 0.25) is 0 Å². The Morgan fingerprint density at radius 1 is 0.558 bits per heavy atom. The quantitative estimate of drug-likeness (QED) is 0.0996. The molecule has 4 rings (SSSR count). The molecule has 0 fully saturated rings. The van der Waals surface area contributed by atoms with E-state index in [9.17, 15) is 5.11 Å². The highest BCUT2D eigenvalue weighted by Crippen LogP contribution is 2.24. The molecule has 0 radical (unpaired) electrons. The van der Waals surface area contributed by atoms with Crippen LogP contribution >= 0.6 is 0 Å². The van der Waals surface area contributed by atoms with Gasteiger partial charge in [0.15, 0.2) is 0 Å². The maximum absolute atomic E-state index is 9.72. The molecule has 0 unspecified atom stereocenters. The van der Waals surface area contributed by atoms with Gasteiger partial charge in [-0.1, -0.05) is 99.7 Å². The molecule has 4 aromatic carbocycles. The van der Waals surface area contributed by atoms with Crippen LogP contribution in [0.1, 0.15) is 81.4 Å². The van der Waals surface area contributed by atoms with Crippen molar-refractivity contribution in [3.63, 3.8) is 0 Å². The molecule has 0 amide bonds. The van der Waals surface area contributed by atoms with Gasteiger partial charge >= 0.3 is 0 Å². The number of ether oxygens (including phenoxy) is 2. The minimum atomic E-state index is 0.139. The third-order valence-electron chi connectivity index (χ3n) is 8.02. The van der Waals surface area contributed by atoms with E-state index in [0.29, 0.717) is 6.54 Å². The second-order valence-corrected chi connectivity index (χ2v) is 11.7. The van der Waals surface area contributed by atoms with E-state index in [1.165, 1.54) is 72.4 Å². The minimum absolute atomic E-state index is 0.139. The molecule has 0 heterocycles. The highest BCUT2D eigenvalue weighted by Gasteiger charge is 2.09. The molecule has 0 saturated heterocycles. The first-order valence-corrected chi connectivity index (χ1v) is 16.5. The number of unbranched alkanes of at least 4 members (excludes halogenated alkanes) is 7. The van der Waals surface area contributed by atoms with Gasteiger partial charge in [-0.15, -0.1) is 0 Å². The molecular weight excluding hydrogens is 530 g/mol. The molecule has 0 aliphatic heterocycles. The molecule has 4 nitrogen and oxygen atoms in total. The Morgan fingerprint density at radius 3 is 1.93 bits per heavy atom. The number of fused-ring (bicyclic) bond motifs is 1. The summed E-state index contributed by atoms with van der Waals surface area (Å²) in [6.07, 6.45) is 12.2. The van der Waals surface area contributed by atoms with Gasteiger partial charge in [-0.3, -0.25) is 4.90 Å². The number of aryl methyl sites for hydroxylation is 1. The number of hydrogen-bond donors (Lipinski definition) is 1. The topological polar surface area (TPSA) is 41.9 Å². The summed E-state index contributed by atoms with van der Waals surface area (Å²) >= 11 is 0. The maximum atomic E-state index is 9.72. The first-order chi connectivity index (χ1) is 21.2. The summed E-state index contributed by atoms with van der Waals surface area (Å²) in [6.45, 7) is 6.13. The fraction of sp³-hybridized carbons (Fsp3) is 0.436. The summed E-state index contributed by atoms with van der Waals surface area (Å²) < 4.78 is 12.0. The van der Waals surface area contributed by atoms with Crippen LogP contribution in [0.3, 0.4) is 0 Å². The van der Waals surface area contributed by atoms with E-state index in [4.69, 9.17) is 9.47 Å². The van der Waals surface area contributed by atoms with Gasteiger partial charge in [0.1, 0.15) is 11.5 Å². The van der Waals surface area contributed by atoms with Crippen LogP contribution in [0.5, 0.6) is 11.5 Å². The smallest absolute Gasteiger partial charge is 0.119 e. The van der Waals surface area contributed by atoms with E-state index in [2.05, 4.69) is 103 Å². The Morgan fingerprint density at radius 2 is 1.16 bits per heavy atom. The van der Waals surface area contributed by atoms with Crippen molar-refractivity contribution < 1.29 is 14.6 Å². The fourth-order valence-electron chi connectivity index (χ4n) is 5.54. The first kappa shape index (κ1) is 32.6. The molecule has 0 aliphatic carbocycles. The molecule has 43 heavy (non-hydrogen) atoms. The zero-order valence-corrected chi connectivity index (χ0v) is 26.2. The van der Waals surface area contributed by atoms with Gasteiger partial charge in [0.2, 0.25) is 0 Å². The Labute approximate surface area is 259 Å². The standard InChI is InChI=1S/C39H51NO3/c1-2-3-4-5-6-12-27-42-38-22-18-34(19-23-38)31-40(25-26-41)32-35-17-20-37-30-39(24-21-36(37)29-35)43-28-13-8-11-16-33-14-9-7-10-15-33/h7,9-10,14-15,17-24,29-30,41H,2-6,8,11-13,16,25-28,31-32H2,1H3. The lowest BCUT2D eigenvalue weighted by atomic mass is 10.1. The van der Waals surface area contributed by atoms with Crippen molar-refractivity contribution >= 4 is 10.8 Å². The molecule has 0 saturated carbocycles. The summed E-state index contributed by atoms with van der Waals surface area (Å²) in [5, 5.41) is 12.1. The van der Waals surface area contributed by atoms with Crippen molar-refractivity contribution in [2.45, 2.75) is 84.2 Å². The van der Waals surface area contributed by atoms with E-state index in [0.717, 1.165) is 57.1 Å². The molecule has 4 aromatic rings. The van der Waals surface area contributed by atoms with Crippen LogP contribution in [0.15, 0.2) is 91.0 Å². The highest BCUT2D eigenvalue weighted by molar-refractivity contribution is 5.84. The molecule has 0 aliphatic rings. The summed E-state index contributed by atoms with van der Waals surface area (Å²) in [5.74, 6) is 1.87. The molecule has 0 bridgehead atoms. The first-order valence-electron chi connectivity index (χ1n) is 16.5. The zero-order chi connectivity index (χ0) is 30.0. The van der Waals surface area contributed by atoms with Crippen LogP contribution in [-0.4, -0.2) is 36.4 Å². The predicted octanol–water partition coefficient (Wildman–Crippen LogP) is 9.37. The van der Waals surface area contributed by atoms with Gasteiger partial charge in [-0.2, -0.15) is 0 Å². The monoisotopic (exact) mass is 581 g/mol. The third-order valence-corrected chi connectivity index (χ3v) is 8.02. The van der Waals surface area contributed by atoms with Crippen LogP contribution < -0.4 is 9.47 Å². The third kappa shape index (κ3) is 12.1. The Bertz CT molecular complexity index is 1310. The van der Waals surface area contributed by atoms with Crippen LogP contribution in [0.4, 0.5) is 0 Å². The Hall–Kier alpha value is -3.34. The molecule has 0 spiro atoms. The molecule has 0 aromatic heterocycles. The molecular formula is C39H51NO3. The largest absolute Gasteiger partial charge is 0.494 e. The predicted molar refractivity (Wildman–Crippen MR) is 180 cm³/mol. The minimum Gasteiger partial charge on any atom is -0.494 e. The van der Waals surface area contributed by atoms with E-state index in [1.807, 2.05) is 0 Å². The average molecular weight is 582 g/mol. The average Bonchev–Trinajstić information content (AvgIpc) is 3.03. The number of benzene rings is 4. The van der Waals surface area contributed by atoms with Crippen molar-refractivity contribution in [1.29, 1.82) is 0 Å². The van der Waals surface area contributed by atoms with Gasteiger partial charge in [-0.05, 0) is 89.9 Å². The van der Waals surface area contributed by atoms with E-state index < -0.39 is 0 Å². The SMILES string of the molecule is CCCCCCCCOc1ccc(CN(CCO)Cc2ccc3cc(OCCCCCc4ccccc4)ccc3c2)cc1. The summed E-state index contributed by atoms with van der Waals surface area (Å²) in [5.41, 5.74) is 3.88. The van der Waals surface area contributed by atoms with Crippen molar-refractivity contribution in [3.05, 3.63) is 108 Å². The van der Waals surface area contributed by atoms with Gasteiger partial charge in [0, 0.05) is 19.6 Å².